The molecule has 0 aliphatic heterocycles. The van der Waals surface area contributed by atoms with Crippen molar-refractivity contribution in [3.05, 3.63) is 73.2 Å². The van der Waals surface area contributed by atoms with Crippen molar-refractivity contribution in [2.75, 3.05) is 11.5 Å². The number of halogens is 4. The molecule has 4 N–H and O–H groups in total. The summed E-state index contributed by atoms with van der Waals surface area (Å²) in [6, 6.07) is 15.3. The number of nitrogens with zero attached hydrogens (tertiary/aromatic N) is 2. The average molecular weight is 718 g/mol. The predicted octanol–water partition coefficient (Wildman–Crippen LogP) is 7.13. The molecule has 2 heterocycles. The van der Waals surface area contributed by atoms with Gasteiger partial charge in [-0.05, 0) is 63.1 Å². The largest absolute Gasteiger partial charge is 0.384 e. The standard InChI is InChI=1S/C9H6Br2N2.C9H7BrN2.CH2I.V/c10-6-1-2-7-5(3-6)4-8(12)13-9(7)11;10-8-2-1-6-5-12-9(11)4-7(6)3-8;1-2;/h1-4H,(H2,12,13);1-5H,(H2,11,12);1H2;/q;;-1;/i;5D;;. The Hall–Kier alpha value is -0.386. The fourth-order valence-electron chi connectivity index (χ4n) is 2.28. The van der Waals surface area contributed by atoms with E-state index in [4.69, 9.17) is 12.8 Å². The van der Waals surface area contributed by atoms with Crippen LogP contribution in [0.1, 0.15) is 1.37 Å². The number of rotatable bonds is 0. The summed E-state index contributed by atoms with van der Waals surface area (Å²) in [6.07, 6.45) is 0.225. The summed E-state index contributed by atoms with van der Waals surface area (Å²) in [5.41, 5.74) is 11.1. The Bertz CT molecular complexity index is 1030. The van der Waals surface area contributed by atoms with E-state index in [0.717, 1.165) is 35.1 Å². The molecule has 4 rings (SSSR count). The summed E-state index contributed by atoms with van der Waals surface area (Å²) < 4.78 is 10.4. The van der Waals surface area contributed by atoms with Crippen molar-refractivity contribution >= 4 is 104 Å². The monoisotopic (exact) mass is 715 g/mol. The van der Waals surface area contributed by atoms with E-state index in [2.05, 4.69) is 62.7 Å². The number of hydrogen-bond donors (Lipinski definition) is 2. The average Bonchev–Trinajstić information content (AvgIpc) is 2.62. The fraction of sp³-hybridized carbons (Fsp3) is 0. The Kier molecular flexibility index (Phi) is 10.5. The third-order valence-electron chi connectivity index (χ3n) is 3.39. The van der Waals surface area contributed by atoms with Gasteiger partial charge in [-0.25, -0.2) is 9.97 Å². The molecule has 0 spiro atoms. The first-order valence-corrected chi connectivity index (χ1v) is 11.3. The van der Waals surface area contributed by atoms with E-state index in [1.165, 1.54) is 0 Å². The van der Waals surface area contributed by atoms with Gasteiger partial charge in [-0.15, -0.1) is 0 Å². The van der Waals surface area contributed by atoms with Gasteiger partial charge in [0.2, 0.25) is 0 Å². The van der Waals surface area contributed by atoms with Crippen molar-refractivity contribution in [2.45, 2.75) is 0 Å². The SMILES string of the molecule is Nc1cc2cc(Br)ccc2c(Br)n1.[2H]c1nc(N)cc2cc(Br)ccc12.[CH2-]I.[V]. The minimum Gasteiger partial charge on any atom is -0.384 e. The van der Waals surface area contributed by atoms with Gasteiger partial charge in [0.05, 0.1) is 1.37 Å². The van der Waals surface area contributed by atoms with Gasteiger partial charge < -0.3 is 34.1 Å². The van der Waals surface area contributed by atoms with Gasteiger partial charge in [-0.3, -0.25) is 4.93 Å². The molecule has 145 valence electrons. The molecule has 0 amide bonds. The van der Waals surface area contributed by atoms with Crippen molar-refractivity contribution in [3.63, 3.8) is 0 Å². The molecule has 0 atom stereocenters. The van der Waals surface area contributed by atoms with Crippen LogP contribution in [-0.4, -0.2) is 9.97 Å². The number of nitrogens with two attached hydrogens (primary N) is 2. The van der Waals surface area contributed by atoms with Crippen LogP contribution in [0.2, 0.25) is 0 Å². The number of hydrogen-bond acceptors (Lipinski definition) is 4. The molecule has 28 heavy (non-hydrogen) atoms. The van der Waals surface area contributed by atoms with Crippen LogP contribution < -0.4 is 11.5 Å². The van der Waals surface area contributed by atoms with Gasteiger partial charge in [-0.1, -0.05) is 44.0 Å². The Morgan fingerprint density at radius 3 is 2.07 bits per heavy atom. The molecule has 0 unspecified atom stereocenters. The summed E-state index contributed by atoms with van der Waals surface area (Å²) in [6.45, 7) is 0. The van der Waals surface area contributed by atoms with Crippen molar-refractivity contribution in [1.82, 2.24) is 9.97 Å². The quantitative estimate of drug-likeness (QED) is 0.115. The maximum Gasteiger partial charge on any atom is 0.125 e. The topological polar surface area (TPSA) is 77.8 Å². The van der Waals surface area contributed by atoms with Gasteiger partial charge in [0.1, 0.15) is 16.2 Å². The zero-order chi connectivity index (χ0) is 20.8. The van der Waals surface area contributed by atoms with Crippen LogP contribution >= 0.6 is 70.4 Å². The van der Waals surface area contributed by atoms with Crippen LogP contribution in [0, 0.1) is 4.93 Å². The molecule has 0 aliphatic carbocycles. The second-order valence-corrected chi connectivity index (χ2v) is 7.81. The van der Waals surface area contributed by atoms with Gasteiger partial charge >= 0.3 is 0 Å². The number of fused-ring (bicyclic) bond motifs is 2. The van der Waals surface area contributed by atoms with Crippen molar-refractivity contribution in [1.29, 1.82) is 0 Å². The second-order valence-electron chi connectivity index (χ2n) is 5.23. The van der Waals surface area contributed by atoms with E-state index >= 15 is 0 Å². The molecule has 2 aromatic carbocycles. The second kappa shape index (κ2) is 12.3. The zero-order valence-electron chi connectivity index (χ0n) is 15.3. The molecule has 4 aromatic rings. The smallest absolute Gasteiger partial charge is 0.125 e. The van der Waals surface area contributed by atoms with E-state index in [1.54, 1.807) is 6.07 Å². The van der Waals surface area contributed by atoms with E-state index in [1.807, 2.05) is 65.1 Å². The molecule has 9 heteroatoms. The zero-order valence-corrected chi connectivity index (χ0v) is 22.6. The van der Waals surface area contributed by atoms with E-state index < -0.39 is 0 Å². The van der Waals surface area contributed by atoms with Gasteiger partial charge in [-0.2, -0.15) is 0 Å². The minimum atomic E-state index is 0. The van der Waals surface area contributed by atoms with Gasteiger partial charge in [0, 0.05) is 44.4 Å². The molecule has 0 aliphatic rings. The summed E-state index contributed by atoms with van der Waals surface area (Å²) in [5, 5.41) is 3.90. The predicted molar refractivity (Wildman–Crippen MR) is 135 cm³/mol. The fourth-order valence-corrected chi connectivity index (χ4v) is 3.60. The number of benzene rings is 2. The third kappa shape index (κ3) is 7.14. The molecule has 2 aromatic heterocycles. The first-order valence-electron chi connectivity index (χ1n) is 7.94. The van der Waals surface area contributed by atoms with E-state index in [-0.39, 0.29) is 24.7 Å². The van der Waals surface area contributed by atoms with Crippen molar-refractivity contribution < 1.29 is 19.9 Å². The first-order chi connectivity index (χ1) is 13.3. The van der Waals surface area contributed by atoms with Gasteiger partial charge in [0.15, 0.2) is 0 Å². The molecular weight excluding hydrogens is 702 g/mol. The van der Waals surface area contributed by atoms with Crippen LogP contribution in [-0.2, 0) is 18.6 Å². The maximum atomic E-state index is 7.57. The van der Waals surface area contributed by atoms with Crippen LogP contribution in [0.4, 0.5) is 11.6 Å². The van der Waals surface area contributed by atoms with Gasteiger partial charge in [0.25, 0.3) is 0 Å². The molecule has 0 saturated carbocycles. The summed E-state index contributed by atoms with van der Waals surface area (Å²) in [5.74, 6) is 0.910. The maximum absolute atomic E-state index is 7.57. The van der Waals surface area contributed by atoms with E-state index in [9.17, 15) is 0 Å². The van der Waals surface area contributed by atoms with Crippen molar-refractivity contribution in [3.8, 4) is 0 Å². The Morgan fingerprint density at radius 1 is 0.821 bits per heavy atom. The first kappa shape index (κ1) is 23.9. The van der Waals surface area contributed by atoms with Crippen molar-refractivity contribution in [2.24, 2.45) is 0 Å². The molecule has 0 fully saturated rings. The molecular formula is C19H15Br3IN4V-. The molecule has 0 saturated heterocycles. The molecule has 0 bridgehead atoms. The van der Waals surface area contributed by atoms with Crippen LogP contribution in [0.15, 0.2) is 68.3 Å². The Labute approximate surface area is 216 Å². The van der Waals surface area contributed by atoms with Crippen LogP contribution in [0.5, 0.6) is 0 Å². The van der Waals surface area contributed by atoms with Crippen LogP contribution in [0.25, 0.3) is 21.5 Å². The van der Waals surface area contributed by atoms with Crippen LogP contribution in [0.3, 0.4) is 0 Å². The number of pyridine rings is 2. The Balaban J connectivity index is 0.000000259. The summed E-state index contributed by atoms with van der Waals surface area (Å²) in [7, 11) is 0. The van der Waals surface area contributed by atoms with E-state index in [0.29, 0.717) is 11.6 Å². The summed E-state index contributed by atoms with van der Waals surface area (Å²) >= 11 is 12.0. The molecule has 1 radical (unpaired) electrons. The summed E-state index contributed by atoms with van der Waals surface area (Å²) in [4.78, 5) is 11.2. The number of nitrogen functional groups attached to an aromatic ring is 2. The molecule has 4 nitrogen and oxygen atoms in total. The number of anilines is 2. The Morgan fingerprint density at radius 2 is 1.39 bits per heavy atom. The number of aromatic nitrogens is 2. The normalized spacial score (nSPS) is 10.1. The third-order valence-corrected chi connectivity index (χ3v) is 4.98. The minimum absolute atomic E-state index is 0.